The molecule has 3 aromatic carbocycles. The molecule has 1 aromatic heterocycles. The van der Waals surface area contributed by atoms with Gasteiger partial charge in [0.05, 0.1) is 17.6 Å². The lowest BCUT2D eigenvalue weighted by Crippen LogP contribution is -2.09. The first-order chi connectivity index (χ1) is 14.1. The summed E-state index contributed by atoms with van der Waals surface area (Å²) in [6.07, 6.45) is 1.79. The van der Waals surface area contributed by atoms with Crippen molar-refractivity contribution in [2.75, 3.05) is 6.61 Å². The number of hydrogen-bond donors (Lipinski definition) is 0. The van der Waals surface area contributed by atoms with Crippen LogP contribution in [-0.4, -0.2) is 16.2 Å². The standard InChI is InChI=1S/C26H28N2O/c1-19-15-20(2)17-23(16-19)29-14-8-13-28-25-12-7-6-11-24(25)27-26(28)18-22-10-5-4-9-21(22)3/h4-7,9-12,15-17H,8,13-14,18H2,1-3H3. The molecule has 0 saturated carbocycles. The molecular formula is C26H28N2O. The Kier molecular flexibility index (Phi) is 5.66. The summed E-state index contributed by atoms with van der Waals surface area (Å²) < 4.78 is 8.38. The third kappa shape index (κ3) is 4.51. The van der Waals surface area contributed by atoms with E-state index in [1.54, 1.807) is 0 Å². The van der Waals surface area contributed by atoms with Crippen LogP contribution in [0.25, 0.3) is 11.0 Å². The van der Waals surface area contributed by atoms with Gasteiger partial charge in [-0.25, -0.2) is 4.98 Å². The Morgan fingerprint density at radius 1 is 0.862 bits per heavy atom. The molecule has 29 heavy (non-hydrogen) atoms. The maximum atomic E-state index is 6.02. The highest BCUT2D eigenvalue weighted by molar-refractivity contribution is 5.76. The number of hydrogen-bond acceptors (Lipinski definition) is 2. The van der Waals surface area contributed by atoms with E-state index in [9.17, 15) is 0 Å². The number of imidazole rings is 1. The number of aryl methyl sites for hydroxylation is 4. The second-order valence-corrected chi connectivity index (χ2v) is 7.80. The normalized spacial score (nSPS) is 11.1. The highest BCUT2D eigenvalue weighted by Gasteiger charge is 2.12. The van der Waals surface area contributed by atoms with Crippen LogP contribution in [-0.2, 0) is 13.0 Å². The van der Waals surface area contributed by atoms with Crippen molar-refractivity contribution in [1.29, 1.82) is 0 Å². The van der Waals surface area contributed by atoms with Crippen molar-refractivity contribution in [3.63, 3.8) is 0 Å². The average molecular weight is 385 g/mol. The maximum Gasteiger partial charge on any atom is 0.119 e. The van der Waals surface area contributed by atoms with Gasteiger partial charge in [0.25, 0.3) is 0 Å². The summed E-state index contributed by atoms with van der Waals surface area (Å²) in [4.78, 5) is 4.93. The molecule has 0 N–H and O–H groups in total. The fourth-order valence-corrected chi connectivity index (χ4v) is 3.92. The van der Waals surface area contributed by atoms with Gasteiger partial charge in [-0.15, -0.1) is 0 Å². The van der Waals surface area contributed by atoms with Crippen LogP contribution in [0.5, 0.6) is 5.75 Å². The molecule has 0 aliphatic rings. The van der Waals surface area contributed by atoms with Crippen LogP contribution in [0.2, 0.25) is 0 Å². The van der Waals surface area contributed by atoms with E-state index in [-0.39, 0.29) is 0 Å². The molecule has 3 nitrogen and oxygen atoms in total. The molecule has 0 atom stereocenters. The highest BCUT2D eigenvalue weighted by atomic mass is 16.5. The largest absolute Gasteiger partial charge is 0.494 e. The van der Waals surface area contributed by atoms with E-state index in [4.69, 9.17) is 9.72 Å². The lowest BCUT2D eigenvalue weighted by molar-refractivity contribution is 0.301. The Bertz CT molecular complexity index is 1110. The average Bonchev–Trinajstić information content (AvgIpc) is 3.03. The van der Waals surface area contributed by atoms with Crippen molar-refractivity contribution in [1.82, 2.24) is 9.55 Å². The molecule has 1 heterocycles. The fourth-order valence-electron chi connectivity index (χ4n) is 3.92. The Hall–Kier alpha value is -3.07. The summed E-state index contributed by atoms with van der Waals surface area (Å²) in [5.41, 5.74) is 7.37. The minimum atomic E-state index is 0.694. The van der Waals surface area contributed by atoms with Gasteiger partial charge in [-0.05, 0) is 73.7 Å². The molecule has 0 unspecified atom stereocenters. The molecule has 0 spiro atoms. The molecule has 4 aromatic rings. The molecule has 0 aliphatic carbocycles. The van der Waals surface area contributed by atoms with Gasteiger partial charge in [-0.3, -0.25) is 0 Å². The molecule has 3 heteroatoms. The number of nitrogens with zero attached hydrogens (tertiary/aromatic N) is 2. The summed E-state index contributed by atoms with van der Waals surface area (Å²) in [5, 5.41) is 0. The van der Waals surface area contributed by atoms with Crippen LogP contribution in [0.15, 0.2) is 66.7 Å². The topological polar surface area (TPSA) is 27.1 Å². The molecule has 0 bridgehead atoms. The second-order valence-electron chi connectivity index (χ2n) is 7.80. The van der Waals surface area contributed by atoms with Gasteiger partial charge in [0.1, 0.15) is 11.6 Å². The minimum absolute atomic E-state index is 0.694. The van der Waals surface area contributed by atoms with Crippen LogP contribution in [0.1, 0.15) is 34.5 Å². The van der Waals surface area contributed by atoms with Crippen molar-refractivity contribution in [2.24, 2.45) is 0 Å². The van der Waals surface area contributed by atoms with Gasteiger partial charge >= 0.3 is 0 Å². The van der Waals surface area contributed by atoms with Crippen molar-refractivity contribution >= 4 is 11.0 Å². The van der Waals surface area contributed by atoms with Crippen LogP contribution < -0.4 is 4.74 Å². The van der Waals surface area contributed by atoms with E-state index < -0.39 is 0 Å². The minimum Gasteiger partial charge on any atom is -0.494 e. The molecule has 0 amide bonds. The molecule has 4 rings (SSSR count). The second kappa shape index (κ2) is 8.52. The van der Waals surface area contributed by atoms with Crippen molar-refractivity contribution in [3.05, 3.63) is 94.8 Å². The monoisotopic (exact) mass is 384 g/mol. The van der Waals surface area contributed by atoms with E-state index >= 15 is 0 Å². The molecule has 0 radical (unpaired) electrons. The molecular weight excluding hydrogens is 356 g/mol. The summed E-state index contributed by atoms with van der Waals surface area (Å²) in [5.74, 6) is 2.07. The Morgan fingerprint density at radius 2 is 1.59 bits per heavy atom. The van der Waals surface area contributed by atoms with Crippen LogP contribution in [0.4, 0.5) is 0 Å². The number of rotatable bonds is 7. The van der Waals surface area contributed by atoms with Crippen molar-refractivity contribution in [2.45, 2.75) is 40.2 Å². The maximum absolute atomic E-state index is 6.02. The van der Waals surface area contributed by atoms with Crippen LogP contribution >= 0.6 is 0 Å². The first kappa shape index (κ1) is 19.3. The number of aromatic nitrogens is 2. The molecule has 0 fully saturated rings. The lowest BCUT2D eigenvalue weighted by Gasteiger charge is -2.12. The zero-order chi connectivity index (χ0) is 20.2. The van der Waals surface area contributed by atoms with Crippen molar-refractivity contribution < 1.29 is 4.74 Å². The number of para-hydroxylation sites is 2. The van der Waals surface area contributed by atoms with Gasteiger partial charge in [-0.1, -0.05) is 42.5 Å². The SMILES string of the molecule is Cc1cc(C)cc(OCCCn2c(Cc3ccccc3C)nc3ccccc32)c1. The van der Waals surface area contributed by atoms with Crippen molar-refractivity contribution in [3.8, 4) is 5.75 Å². The van der Waals surface area contributed by atoms with Crippen LogP contribution in [0.3, 0.4) is 0 Å². The summed E-state index contributed by atoms with van der Waals surface area (Å²) in [7, 11) is 0. The fraction of sp³-hybridized carbons (Fsp3) is 0.269. The summed E-state index contributed by atoms with van der Waals surface area (Å²) >= 11 is 0. The van der Waals surface area contributed by atoms with Gasteiger partial charge in [0.2, 0.25) is 0 Å². The lowest BCUT2D eigenvalue weighted by atomic mass is 10.1. The number of benzene rings is 3. The molecule has 0 saturated heterocycles. The van der Waals surface area contributed by atoms with E-state index in [0.29, 0.717) is 6.61 Å². The predicted molar refractivity (Wildman–Crippen MR) is 120 cm³/mol. The highest BCUT2D eigenvalue weighted by Crippen LogP contribution is 2.21. The number of fused-ring (bicyclic) bond motifs is 1. The van der Waals surface area contributed by atoms with Crippen LogP contribution in [0, 0.1) is 20.8 Å². The quantitative estimate of drug-likeness (QED) is 0.364. The van der Waals surface area contributed by atoms with E-state index in [1.165, 1.54) is 27.8 Å². The third-order valence-electron chi connectivity index (χ3n) is 5.33. The van der Waals surface area contributed by atoms with Gasteiger partial charge < -0.3 is 9.30 Å². The summed E-state index contributed by atoms with van der Waals surface area (Å²) in [6, 6.07) is 23.3. The smallest absolute Gasteiger partial charge is 0.119 e. The van der Waals surface area contributed by atoms with Gasteiger partial charge in [0, 0.05) is 13.0 Å². The predicted octanol–water partition coefficient (Wildman–Crippen LogP) is 6.02. The number of ether oxygens (including phenoxy) is 1. The van der Waals surface area contributed by atoms with Gasteiger partial charge in [0.15, 0.2) is 0 Å². The zero-order valence-corrected chi connectivity index (χ0v) is 17.5. The van der Waals surface area contributed by atoms with E-state index in [0.717, 1.165) is 36.5 Å². The Morgan fingerprint density at radius 3 is 2.38 bits per heavy atom. The Balaban J connectivity index is 1.50. The zero-order valence-electron chi connectivity index (χ0n) is 17.5. The molecule has 0 aliphatic heterocycles. The van der Waals surface area contributed by atoms with E-state index in [2.05, 4.69) is 92.1 Å². The van der Waals surface area contributed by atoms with E-state index in [1.807, 2.05) is 0 Å². The molecule has 148 valence electrons. The first-order valence-electron chi connectivity index (χ1n) is 10.3. The Labute approximate surface area is 173 Å². The third-order valence-corrected chi connectivity index (χ3v) is 5.33. The van der Waals surface area contributed by atoms with Gasteiger partial charge in [-0.2, -0.15) is 0 Å². The first-order valence-corrected chi connectivity index (χ1v) is 10.3. The summed E-state index contributed by atoms with van der Waals surface area (Å²) in [6.45, 7) is 7.97.